The summed E-state index contributed by atoms with van der Waals surface area (Å²) < 4.78 is 0. The zero-order valence-electron chi connectivity index (χ0n) is 13.8. The van der Waals surface area contributed by atoms with Crippen LogP contribution < -0.4 is 10.6 Å². The van der Waals surface area contributed by atoms with Crippen LogP contribution in [0.2, 0.25) is 0 Å². The van der Waals surface area contributed by atoms with Gasteiger partial charge in [-0.25, -0.2) is 4.79 Å². The first-order valence-corrected chi connectivity index (χ1v) is 8.51. The maximum atomic E-state index is 12.1. The van der Waals surface area contributed by atoms with E-state index in [-0.39, 0.29) is 24.6 Å². The van der Waals surface area contributed by atoms with E-state index >= 15 is 0 Å². The Morgan fingerprint density at radius 1 is 1.21 bits per heavy atom. The van der Waals surface area contributed by atoms with Crippen LogP contribution in [0.25, 0.3) is 0 Å². The van der Waals surface area contributed by atoms with E-state index < -0.39 is 5.97 Å². The van der Waals surface area contributed by atoms with Gasteiger partial charge in [-0.05, 0) is 43.6 Å². The molecule has 1 aromatic rings. The molecule has 1 aliphatic rings. The molecule has 1 aliphatic carbocycles. The van der Waals surface area contributed by atoms with Crippen LogP contribution in [-0.2, 0) is 11.2 Å². The number of aliphatic hydroxyl groups excluding tert-OH is 1. The van der Waals surface area contributed by atoms with E-state index in [1.165, 1.54) is 0 Å². The number of nitrogens with one attached hydrogen (secondary N) is 2. The lowest BCUT2D eigenvalue weighted by Crippen LogP contribution is -2.44. The highest BCUT2D eigenvalue weighted by Gasteiger charge is 2.23. The summed E-state index contributed by atoms with van der Waals surface area (Å²) in [5, 5.41) is 24.1. The number of carboxylic acid groups (broad SMARTS) is 1. The van der Waals surface area contributed by atoms with E-state index in [2.05, 4.69) is 10.6 Å². The van der Waals surface area contributed by atoms with Gasteiger partial charge in [0.2, 0.25) is 0 Å². The molecule has 24 heavy (non-hydrogen) atoms. The highest BCUT2D eigenvalue weighted by molar-refractivity contribution is 5.74. The number of rotatable bonds is 8. The van der Waals surface area contributed by atoms with Crippen molar-refractivity contribution in [1.82, 2.24) is 10.6 Å². The summed E-state index contributed by atoms with van der Waals surface area (Å²) in [5.74, 6) is -0.549. The number of carbonyl (C=O) groups is 2. The van der Waals surface area contributed by atoms with Crippen molar-refractivity contribution in [3.8, 4) is 0 Å². The van der Waals surface area contributed by atoms with Crippen LogP contribution in [0, 0.1) is 5.92 Å². The third kappa shape index (κ3) is 6.58. The Labute approximate surface area is 142 Å². The van der Waals surface area contributed by atoms with E-state index in [1.807, 2.05) is 30.3 Å². The Morgan fingerprint density at radius 2 is 1.96 bits per heavy atom. The molecule has 1 saturated carbocycles. The van der Waals surface area contributed by atoms with Crippen LogP contribution in [-0.4, -0.2) is 40.9 Å². The molecule has 1 fully saturated rings. The number of carboxylic acids is 1. The first-order chi connectivity index (χ1) is 11.5. The summed E-state index contributed by atoms with van der Waals surface area (Å²) >= 11 is 0. The Kier molecular flexibility index (Phi) is 7.06. The first kappa shape index (κ1) is 18.3. The standard InChI is InChI=1S/C18H26N2O4/c21-16-8-6-14(11-16)12-19-18(24)20-15(7-9-17(22)23)10-13-4-2-1-3-5-13/h1-5,14-16,21H,6-12H2,(H,22,23)(H2,19,20,24). The molecule has 0 saturated heterocycles. The molecule has 0 aromatic heterocycles. The molecule has 2 rings (SSSR count). The SMILES string of the molecule is O=C(O)CCC(Cc1ccccc1)NC(=O)NCC1CCC(O)C1. The van der Waals surface area contributed by atoms with Gasteiger partial charge >= 0.3 is 12.0 Å². The van der Waals surface area contributed by atoms with Crippen molar-refractivity contribution >= 4 is 12.0 Å². The average molecular weight is 334 g/mol. The largest absolute Gasteiger partial charge is 0.481 e. The zero-order valence-corrected chi connectivity index (χ0v) is 13.8. The van der Waals surface area contributed by atoms with Crippen molar-refractivity contribution in [2.24, 2.45) is 5.92 Å². The normalized spacial score (nSPS) is 21.2. The number of aliphatic hydroxyl groups is 1. The molecule has 0 spiro atoms. The van der Waals surface area contributed by atoms with E-state index in [9.17, 15) is 14.7 Å². The summed E-state index contributed by atoms with van der Waals surface area (Å²) in [4.78, 5) is 22.9. The number of urea groups is 1. The van der Waals surface area contributed by atoms with E-state index in [4.69, 9.17) is 5.11 Å². The van der Waals surface area contributed by atoms with Gasteiger partial charge in [-0.2, -0.15) is 0 Å². The molecule has 4 N–H and O–H groups in total. The lowest BCUT2D eigenvalue weighted by atomic mass is 10.0. The van der Waals surface area contributed by atoms with Gasteiger partial charge < -0.3 is 20.8 Å². The number of carbonyl (C=O) groups excluding carboxylic acids is 1. The summed E-state index contributed by atoms with van der Waals surface area (Å²) in [5.41, 5.74) is 1.06. The van der Waals surface area contributed by atoms with Crippen molar-refractivity contribution in [3.63, 3.8) is 0 Å². The zero-order chi connectivity index (χ0) is 17.4. The first-order valence-electron chi connectivity index (χ1n) is 8.51. The molecule has 0 radical (unpaired) electrons. The van der Waals surface area contributed by atoms with Gasteiger partial charge in [0.05, 0.1) is 6.10 Å². The van der Waals surface area contributed by atoms with Gasteiger partial charge in [0.15, 0.2) is 0 Å². The second-order valence-corrected chi connectivity index (χ2v) is 6.51. The maximum absolute atomic E-state index is 12.1. The minimum Gasteiger partial charge on any atom is -0.481 e. The van der Waals surface area contributed by atoms with E-state index in [1.54, 1.807) is 0 Å². The predicted octanol–water partition coefficient (Wildman–Crippen LogP) is 1.92. The van der Waals surface area contributed by atoms with Crippen LogP contribution in [0.5, 0.6) is 0 Å². The molecule has 132 valence electrons. The van der Waals surface area contributed by atoms with Gasteiger partial charge in [-0.3, -0.25) is 4.79 Å². The average Bonchev–Trinajstić information content (AvgIpc) is 2.97. The number of aliphatic carboxylic acids is 1. The Morgan fingerprint density at radius 3 is 2.58 bits per heavy atom. The third-order valence-electron chi connectivity index (χ3n) is 4.43. The smallest absolute Gasteiger partial charge is 0.315 e. The Hall–Kier alpha value is -2.08. The molecular weight excluding hydrogens is 308 g/mol. The van der Waals surface area contributed by atoms with E-state index in [0.29, 0.717) is 25.3 Å². The number of benzene rings is 1. The number of hydrogen-bond donors (Lipinski definition) is 4. The fourth-order valence-corrected chi connectivity index (χ4v) is 3.13. The van der Waals surface area contributed by atoms with Crippen LogP contribution in [0.15, 0.2) is 30.3 Å². The molecule has 0 heterocycles. The highest BCUT2D eigenvalue weighted by Crippen LogP contribution is 2.24. The molecule has 3 unspecified atom stereocenters. The van der Waals surface area contributed by atoms with Crippen molar-refractivity contribution in [2.75, 3.05) is 6.54 Å². The summed E-state index contributed by atoms with van der Waals surface area (Å²) in [6.45, 7) is 0.542. The van der Waals surface area contributed by atoms with Gasteiger partial charge in [0.25, 0.3) is 0 Å². The van der Waals surface area contributed by atoms with Gasteiger partial charge in [-0.1, -0.05) is 30.3 Å². The molecule has 3 atom stereocenters. The molecule has 1 aromatic carbocycles. The van der Waals surface area contributed by atoms with Crippen LogP contribution in [0.4, 0.5) is 4.79 Å². The molecule has 2 amide bonds. The minimum absolute atomic E-state index is 0.0204. The van der Waals surface area contributed by atoms with Gasteiger partial charge in [-0.15, -0.1) is 0 Å². The maximum Gasteiger partial charge on any atom is 0.315 e. The number of amides is 2. The number of hydrogen-bond acceptors (Lipinski definition) is 3. The molecule has 6 nitrogen and oxygen atoms in total. The summed E-state index contributed by atoms with van der Waals surface area (Å²) in [6, 6.07) is 9.21. The van der Waals surface area contributed by atoms with Crippen molar-refractivity contribution in [1.29, 1.82) is 0 Å². The fraction of sp³-hybridized carbons (Fsp3) is 0.556. The van der Waals surface area contributed by atoms with E-state index in [0.717, 1.165) is 24.8 Å². The fourth-order valence-electron chi connectivity index (χ4n) is 3.13. The second kappa shape index (κ2) is 9.27. The molecule has 6 heteroatoms. The molecule has 0 aliphatic heterocycles. The van der Waals surface area contributed by atoms with Crippen molar-refractivity contribution in [2.45, 2.75) is 50.7 Å². The summed E-state index contributed by atoms with van der Waals surface area (Å²) in [6.07, 6.45) is 3.21. The third-order valence-corrected chi connectivity index (χ3v) is 4.43. The monoisotopic (exact) mass is 334 g/mol. The van der Waals surface area contributed by atoms with Crippen molar-refractivity contribution < 1.29 is 19.8 Å². The highest BCUT2D eigenvalue weighted by atomic mass is 16.4. The van der Waals surface area contributed by atoms with Gasteiger partial charge in [0, 0.05) is 19.0 Å². The Balaban J connectivity index is 1.81. The second-order valence-electron chi connectivity index (χ2n) is 6.51. The Bertz CT molecular complexity index is 535. The minimum atomic E-state index is -0.866. The topological polar surface area (TPSA) is 98.7 Å². The summed E-state index contributed by atoms with van der Waals surface area (Å²) in [7, 11) is 0. The predicted molar refractivity (Wildman–Crippen MR) is 90.7 cm³/mol. The van der Waals surface area contributed by atoms with Crippen LogP contribution >= 0.6 is 0 Å². The van der Waals surface area contributed by atoms with Crippen molar-refractivity contribution in [3.05, 3.63) is 35.9 Å². The molecular formula is C18H26N2O4. The van der Waals surface area contributed by atoms with Crippen LogP contribution in [0.3, 0.4) is 0 Å². The lowest BCUT2D eigenvalue weighted by molar-refractivity contribution is -0.137. The van der Waals surface area contributed by atoms with Crippen LogP contribution in [0.1, 0.15) is 37.7 Å². The van der Waals surface area contributed by atoms with Gasteiger partial charge in [0.1, 0.15) is 0 Å². The molecule has 0 bridgehead atoms. The lowest BCUT2D eigenvalue weighted by Gasteiger charge is -2.19. The quantitative estimate of drug-likeness (QED) is 0.584.